The van der Waals surface area contributed by atoms with Gasteiger partial charge in [0.2, 0.25) is 5.91 Å². The van der Waals surface area contributed by atoms with Crippen LogP contribution in [0.15, 0.2) is 66.7 Å². The van der Waals surface area contributed by atoms with E-state index in [1.165, 1.54) is 35.4 Å². The lowest BCUT2D eigenvalue weighted by atomic mass is 10.1. The number of fused-ring (bicyclic) bond motifs is 3. The molecule has 3 aromatic rings. The Bertz CT molecular complexity index is 1170. The number of nitro benzene ring substituents is 1. The lowest BCUT2D eigenvalue weighted by molar-refractivity contribution is -0.384. The van der Waals surface area contributed by atoms with Gasteiger partial charge in [0, 0.05) is 23.4 Å². The molecule has 1 atom stereocenters. The summed E-state index contributed by atoms with van der Waals surface area (Å²) >= 11 is 0. The van der Waals surface area contributed by atoms with Gasteiger partial charge in [0.1, 0.15) is 6.04 Å². The monoisotopic (exact) mass is 401 g/mol. The maximum Gasteiger partial charge on any atom is 0.270 e. The highest BCUT2D eigenvalue weighted by Gasteiger charge is 2.21. The molecule has 0 fully saturated rings. The minimum Gasteiger partial charge on any atom is -0.341 e. The van der Waals surface area contributed by atoms with Crippen molar-refractivity contribution >= 4 is 23.2 Å². The Balaban J connectivity index is 1.42. The van der Waals surface area contributed by atoms with Crippen molar-refractivity contribution in [3.8, 4) is 11.1 Å². The molecular weight excluding hydrogens is 382 g/mol. The Morgan fingerprint density at radius 2 is 1.73 bits per heavy atom. The summed E-state index contributed by atoms with van der Waals surface area (Å²) in [7, 11) is 0. The minimum atomic E-state index is -0.817. The molecule has 7 heteroatoms. The summed E-state index contributed by atoms with van der Waals surface area (Å²) in [4.78, 5) is 35.2. The maximum atomic E-state index is 12.5. The van der Waals surface area contributed by atoms with Gasteiger partial charge in [-0.05, 0) is 53.8 Å². The van der Waals surface area contributed by atoms with E-state index in [9.17, 15) is 19.7 Å². The topological polar surface area (TPSA) is 101 Å². The van der Waals surface area contributed by atoms with Gasteiger partial charge in [0.25, 0.3) is 11.6 Å². The van der Waals surface area contributed by atoms with Crippen LogP contribution in [0.25, 0.3) is 11.1 Å². The van der Waals surface area contributed by atoms with Crippen LogP contribution in [0.4, 0.5) is 11.4 Å². The normalized spacial score (nSPS) is 12.4. The Morgan fingerprint density at radius 3 is 2.53 bits per heavy atom. The van der Waals surface area contributed by atoms with Crippen LogP contribution in [0, 0.1) is 10.1 Å². The molecule has 0 bridgehead atoms. The first-order valence-corrected chi connectivity index (χ1v) is 9.50. The van der Waals surface area contributed by atoms with Crippen LogP contribution in [0.3, 0.4) is 0 Å². The predicted molar refractivity (Wildman–Crippen MR) is 113 cm³/mol. The van der Waals surface area contributed by atoms with Crippen molar-refractivity contribution in [1.82, 2.24) is 5.32 Å². The number of nitrogens with zero attached hydrogens (tertiary/aromatic N) is 1. The third kappa shape index (κ3) is 3.77. The van der Waals surface area contributed by atoms with Gasteiger partial charge >= 0.3 is 0 Å². The predicted octanol–water partition coefficient (Wildman–Crippen LogP) is 3.92. The number of nitro groups is 1. The van der Waals surface area contributed by atoms with Gasteiger partial charge in [0.05, 0.1) is 4.92 Å². The molecule has 0 radical (unpaired) electrons. The van der Waals surface area contributed by atoms with E-state index in [1.807, 2.05) is 30.3 Å². The fourth-order valence-corrected chi connectivity index (χ4v) is 3.58. The molecule has 0 spiro atoms. The molecule has 0 aliphatic heterocycles. The van der Waals surface area contributed by atoms with E-state index in [0.717, 1.165) is 17.5 Å². The van der Waals surface area contributed by atoms with E-state index < -0.39 is 16.9 Å². The summed E-state index contributed by atoms with van der Waals surface area (Å²) in [5.74, 6) is -0.921. The summed E-state index contributed by atoms with van der Waals surface area (Å²) in [6.07, 6.45) is 0.814. The first kappa shape index (κ1) is 19.3. The van der Waals surface area contributed by atoms with Crippen molar-refractivity contribution in [2.24, 2.45) is 0 Å². The highest BCUT2D eigenvalue weighted by Crippen LogP contribution is 2.37. The van der Waals surface area contributed by atoms with E-state index in [2.05, 4.69) is 22.8 Å². The minimum absolute atomic E-state index is 0.124. The second-order valence-corrected chi connectivity index (χ2v) is 7.20. The number of hydrogen-bond acceptors (Lipinski definition) is 4. The van der Waals surface area contributed by atoms with Crippen LogP contribution in [0.2, 0.25) is 0 Å². The molecule has 4 rings (SSSR count). The highest BCUT2D eigenvalue weighted by molar-refractivity contribution is 6.01. The van der Waals surface area contributed by atoms with Gasteiger partial charge in [0.15, 0.2) is 0 Å². The molecule has 3 aromatic carbocycles. The molecule has 0 heterocycles. The van der Waals surface area contributed by atoms with Crippen molar-refractivity contribution in [3.63, 3.8) is 0 Å². The molecule has 2 amide bonds. The Labute approximate surface area is 172 Å². The van der Waals surface area contributed by atoms with E-state index >= 15 is 0 Å². The molecule has 0 unspecified atom stereocenters. The fourth-order valence-electron chi connectivity index (χ4n) is 3.58. The second kappa shape index (κ2) is 7.79. The number of amides is 2. The third-order valence-corrected chi connectivity index (χ3v) is 5.12. The molecular formula is C23H19N3O4. The molecule has 1 aliphatic rings. The molecule has 30 heavy (non-hydrogen) atoms. The lowest BCUT2D eigenvalue weighted by Crippen LogP contribution is -2.41. The van der Waals surface area contributed by atoms with Crippen molar-refractivity contribution in [3.05, 3.63) is 93.5 Å². The Hall–Kier alpha value is -4.00. The van der Waals surface area contributed by atoms with Crippen molar-refractivity contribution in [2.45, 2.75) is 19.4 Å². The smallest absolute Gasteiger partial charge is 0.270 e. The molecule has 150 valence electrons. The summed E-state index contributed by atoms with van der Waals surface area (Å²) in [6, 6.07) is 18.5. The van der Waals surface area contributed by atoms with Crippen LogP contribution < -0.4 is 10.6 Å². The summed E-state index contributed by atoms with van der Waals surface area (Å²) < 4.78 is 0. The second-order valence-electron chi connectivity index (χ2n) is 7.20. The summed E-state index contributed by atoms with van der Waals surface area (Å²) in [6.45, 7) is 1.56. The van der Waals surface area contributed by atoms with Crippen molar-refractivity contribution < 1.29 is 14.5 Å². The van der Waals surface area contributed by atoms with E-state index in [0.29, 0.717) is 5.69 Å². The lowest BCUT2D eigenvalue weighted by Gasteiger charge is -2.15. The van der Waals surface area contributed by atoms with E-state index in [-0.39, 0.29) is 17.2 Å². The number of non-ortho nitro benzene ring substituents is 1. The largest absolute Gasteiger partial charge is 0.341 e. The quantitative estimate of drug-likeness (QED) is 0.391. The molecule has 1 aliphatic carbocycles. The molecule has 2 N–H and O–H groups in total. The number of rotatable bonds is 5. The van der Waals surface area contributed by atoms with Gasteiger partial charge in [-0.3, -0.25) is 19.7 Å². The first-order chi connectivity index (χ1) is 14.4. The van der Waals surface area contributed by atoms with Crippen molar-refractivity contribution in [1.29, 1.82) is 0 Å². The average Bonchev–Trinajstić information content (AvgIpc) is 3.11. The van der Waals surface area contributed by atoms with Gasteiger partial charge < -0.3 is 10.6 Å². The van der Waals surface area contributed by atoms with E-state index in [4.69, 9.17) is 0 Å². The Kier molecular flexibility index (Phi) is 5.02. The van der Waals surface area contributed by atoms with Crippen LogP contribution >= 0.6 is 0 Å². The zero-order valence-corrected chi connectivity index (χ0v) is 16.2. The molecule has 7 nitrogen and oxygen atoms in total. The number of nitrogens with one attached hydrogen (secondary N) is 2. The van der Waals surface area contributed by atoms with Crippen LogP contribution in [-0.4, -0.2) is 22.8 Å². The third-order valence-electron chi connectivity index (χ3n) is 5.12. The average molecular weight is 401 g/mol. The maximum absolute atomic E-state index is 12.5. The fraction of sp³-hybridized carbons (Fsp3) is 0.130. The summed E-state index contributed by atoms with van der Waals surface area (Å²) in [5, 5.41) is 16.3. The number of carbonyl (C=O) groups excluding carboxylic acids is 2. The first-order valence-electron chi connectivity index (χ1n) is 9.50. The SMILES string of the molecule is C[C@H](NC(=O)c1cccc([N+](=O)[O-])c1)C(=O)Nc1ccc2c(c1)Cc1ccccc1-2. The molecule has 0 saturated heterocycles. The van der Waals surface area contributed by atoms with Gasteiger partial charge in [-0.25, -0.2) is 0 Å². The highest BCUT2D eigenvalue weighted by atomic mass is 16.6. The number of carbonyl (C=O) groups is 2. The molecule has 0 saturated carbocycles. The standard InChI is InChI=1S/C23H19N3O4/c1-14(24-23(28)16-6-4-7-19(13-16)26(29)30)22(27)25-18-9-10-21-17(12-18)11-15-5-2-3-8-20(15)21/h2-10,12-14H,11H2,1H3,(H,24,28)(H,25,27)/t14-/m0/s1. The van der Waals surface area contributed by atoms with Gasteiger partial charge in [-0.1, -0.05) is 36.4 Å². The van der Waals surface area contributed by atoms with Crippen LogP contribution in [0.5, 0.6) is 0 Å². The van der Waals surface area contributed by atoms with Crippen molar-refractivity contribution in [2.75, 3.05) is 5.32 Å². The summed E-state index contributed by atoms with van der Waals surface area (Å²) in [5.41, 5.74) is 5.37. The number of anilines is 1. The number of hydrogen-bond donors (Lipinski definition) is 2. The van der Waals surface area contributed by atoms with E-state index in [1.54, 1.807) is 6.92 Å². The van der Waals surface area contributed by atoms with Crippen LogP contribution in [-0.2, 0) is 11.2 Å². The Morgan fingerprint density at radius 1 is 0.967 bits per heavy atom. The molecule has 0 aromatic heterocycles. The zero-order valence-electron chi connectivity index (χ0n) is 16.2. The van der Waals surface area contributed by atoms with Crippen LogP contribution in [0.1, 0.15) is 28.4 Å². The zero-order chi connectivity index (χ0) is 21.3. The number of benzene rings is 3. The van der Waals surface area contributed by atoms with Gasteiger partial charge in [-0.15, -0.1) is 0 Å². The van der Waals surface area contributed by atoms with Gasteiger partial charge in [-0.2, -0.15) is 0 Å².